The van der Waals surface area contributed by atoms with Crippen molar-refractivity contribution >= 4 is 11.9 Å². The van der Waals surface area contributed by atoms with Crippen LogP contribution in [0.3, 0.4) is 0 Å². The minimum absolute atomic E-state index is 0.0170. The first-order valence-electron chi connectivity index (χ1n) is 11.5. The molecule has 1 amide bonds. The van der Waals surface area contributed by atoms with Crippen molar-refractivity contribution in [3.8, 4) is 0 Å². The predicted molar refractivity (Wildman–Crippen MR) is 130 cm³/mol. The van der Waals surface area contributed by atoms with Crippen molar-refractivity contribution in [1.82, 2.24) is 4.90 Å². The normalized spacial score (nSPS) is 19.5. The van der Waals surface area contributed by atoms with Crippen molar-refractivity contribution in [1.29, 1.82) is 0 Å². The monoisotopic (exact) mass is 433 g/mol. The molecule has 0 saturated carbocycles. The van der Waals surface area contributed by atoms with Crippen LogP contribution in [-0.2, 0) is 15.1 Å². The number of carbonyl (C=O) groups is 1. The highest BCUT2D eigenvalue weighted by atomic mass is 16.5. The number of carbonyl (C=O) groups excluding carboxylic acids is 1. The summed E-state index contributed by atoms with van der Waals surface area (Å²) in [5, 5.41) is 0. The van der Waals surface area contributed by atoms with Crippen LogP contribution in [0.5, 0.6) is 0 Å². The Morgan fingerprint density at radius 1 is 0.969 bits per heavy atom. The molecule has 32 heavy (non-hydrogen) atoms. The van der Waals surface area contributed by atoms with Crippen LogP contribution in [-0.4, -0.2) is 23.1 Å². The standard InChI is InChI=1S/C28H35NO3/c1-21(2)29(22(3)4)27(30)31-20-18-23(5)28(25-15-10-7-11-16-25)19-12-17-26(32-28)24-13-8-6-9-14-24/h6-11,13-18,20-23H,12,19H2,1-5H3/b20-18-/t23-,28-/m0/s1. The Balaban J connectivity index is 1.85. The van der Waals surface area contributed by atoms with E-state index in [2.05, 4.69) is 37.3 Å². The Bertz CT molecular complexity index is 926. The van der Waals surface area contributed by atoms with E-state index in [-0.39, 0.29) is 24.1 Å². The second-order valence-electron chi connectivity index (χ2n) is 8.93. The third kappa shape index (κ3) is 5.24. The van der Waals surface area contributed by atoms with E-state index >= 15 is 0 Å². The number of ether oxygens (including phenoxy) is 2. The Morgan fingerprint density at radius 3 is 2.16 bits per heavy atom. The zero-order chi connectivity index (χ0) is 23.1. The summed E-state index contributed by atoms with van der Waals surface area (Å²) in [5.41, 5.74) is 1.65. The fourth-order valence-corrected chi connectivity index (χ4v) is 4.44. The van der Waals surface area contributed by atoms with Gasteiger partial charge in [0.15, 0.2) is 0 Å². The lowest BCUT2D eigenvalue weighted by molar-refractivity contribution is -0.0156. The quantitative estimate of drug-likeness (QED) is 0.436. The van der Waals surface area contributed by atoms with Crippen LogP contribution in [0.4, 0.5) is 4.79 Å². The number of benzene rings is 2. The smallest absolute Gasteiger partial charge is 0.415 e. The molecule has 170 valence electrons. The highest BCUT2D eigenvalue weighted by Gasteiger charge is 2.41. The maximum atomic E-state index is 12.6. The van der Waals surface area contributed by atoms with Crippen molar-refractivity contribution in [3.63, 3.8) is 0 Å². The minimum Gasteiger partial charge on any atom is -0.482 e. The molecule has 2 aromatic carbocycles. The molecule has 1 aliphatic rings. The number of hydrogen-bond acceptors (Lipinski definition) is 3. The van der Waals surface area contributed by atoms with Crippen molar-refractivity contribution in [2.24, 2.45) is 5.92 Å². The number of allylic oxidation sites excluding steroid dienone is 1. The van der Waals surface area contributed by atoms with Gasteiger partial charge in [-0.25, -0.2) is 4.79 Å². The lowest BCUT2D eigenvalue weighted by atomic mass is 9.77. The molecule has 1 heterocycles. The highest BCUT2D eigenvalue weighted by molar-refractivity contribution is 5.69. The molecule has 0 unspecified atom stereocenters. The van der Waals surface area contributed by atoms with Gasteiger partial charge in [-0.05, 0) is 58.3 Å². The van der Waals surface area contributed by atoms with Crippen LogP contribution >= 0.6 is 0 Å². The van der Waals surface area contributed by atoms with E-state index in [9.17, 15) is 4.79 Å². The van der Waals surface area contributed by atoms with Gasteiger partial charge in [-0.15, -0.1) is 0 Å². The molecular formula is C28H35NO3. The van der Waals surface area contributed by atoms with Gasteiger partial charge >= 0.3 is 6.09 Å². The van der Waals surface area contributed by atoms with Crippen LogP contribution in [0.25, 0.3) is 5.76 Å². The second-order valence-corrected chi connectivity index (χ2v) is 8.93. The highest BCUT2D eigenvalue weighted by Crippen LogP contribution is 2.45. The third-order valence-electron chi connectivity index (χ3n) is 6.05. The molecule has 1 aliphatic heterocycles. The van der Waals surface area contributed by atoms with Crippen LogP contribution in [0.2, 0.25) is 0 Å². The number of hydrogen-bond donors (Lipinski definition) is 0. The number of amides is 1. The molecule has 0 aliphatic carbocycles. The lowest BCUT2D eigenvalue weighted by Gasteiger charge is -2.42. The molecule has 0 aromatic heterocycles. The molecule has 0 saturated heterocycles. The zero-order valence-corrected chi connectivity index (χ0v) is 19.8. The largest absolute Gasteiger partial charge is 0.482 e. The van der Waals surface area contributed by atoms with Crippen LogP contribution in [0.1, 0.15) is 58.6 Å². The maximum Gasteiger partial charge on any atom is 0.415 e. The second kappa shape index (κ2) is 10.5. The summed E-state index contributed by atoms with van der Waals surface area (Å²) in [5.74, 6) is 0.875. The van der Waals surface area contributed by atoms with Crippen molar-refractivity contribution < 1.29 is 14.3 Å². The lowest BCUT2D eigenvalue weighted by Crippen LogP contribution is -2.41. The molecule has 4 heteroatoms. The predicted octanol–water partition coefficient (Wildman–Crippen LogP) is 7.14. The van der Waals surface area contributed by atoms with Crippen molar-refractivity contribution in [2.75, 3.05) is 0 Å². The zero-order valence-electron chi connectivity index (χ0n) is 19.8. The first-order valence-corrected chi connectivity index (χ1v) is 11.5. The summed E-state index contributed by atoms with van der Waals surface area (Å²) in [7, 11) is 0. The molecule has 0 radical (unpaired) electrons. The summed E-state index contributed by atoms with van der Waals surface area (Å²) < 4.78 is 12.3. The molecule has 0 N–H and O–H groups in total. The van der Waals surface area contributed by atoms with Crippen LogP contribution < -0.4 is 0 Å². The SMILES string of the molecule is CC(C)N(C(=O)O/C=C\[C@H](C)[C@]1(c2ccccc2)CCC=C(c2ccccc2)O1)C(C)C. The van der Waals surface area contributed by atoms with Crippen molar-refractivity contribution in [3.05, 3.63) is 90.2 Å². The average molecular weight is 434 g/mol. The molecule has 2 atom stereocenters. The molecule has 2 aromatic rings. The number of nitrogens with zero attached hydrogens (tertiary/aromatic N) is 1. The van der Waals surface area contributed by atoms with Gasteiger partial charge < -0.3 is 14.4 Å². The Hall–Kier alpha value is -3.01. The fourth-order valence-electron chi connectivity index (χ4n) is 4.44. The fraction of sp³-hybridized carbons (Fsp3) is 0.393. The molecule has 0 fully saturated rings. The Morgan fingerprint density at radius 2 is 1.56 bits per heavy atom. The molecule has 0 spiro atoms. The van der Waals surface area contributed by atoms with Gasteiger partial charge in [0.2, 0.25) is 0 Å². The maximum absolute atomic E-state index is 12.6. The first kappa shape index (κ1) is 23.6. The van der Waals surface area contributed by atoms with Gasteiger partial charge in [0.1, 0.15) is 11.4 Å². The number of rotatable bonds is 7. The van der Waals surface area contributed by atoms with Gasteiger partial charge in [-0.3, -0.25) is 0 Å². The van der Waals surface area contributed by atoms with Gasteiger partial charge in [0, 0.05) is 23.6 Å². The van der Waals surface area contributed by atoms with Gasteiger partial charge in [0.05, 0.1) is 6.26 Å². The summed E-state index contributed by atoms with van der Waals surface area (Å²) in [4.78, 5) is 14.3. The van der Waals surface area contributed by atoms with Gasteiger partial charge in [-0.2, -0.15) is 0 Å². The topological polar surface area (TPSA) is 38.8 Å². The average Bonchev–Trinajstić information content (AvgIpc) is 2.79. The molecule has 0 bridgehead atoms. The third-order valence-corrected chi connectivity index (χ3v) is 6.05. The van der Waals surface area contributed by atoms with E-state index in [1.54, 1.807) is 4.90 Å². The molecular weight excluding hydrogens is 398 g/mol. The summed E-state index contributed by atoms with van der Waals surface area (Å²) in [6.07, 6.45) is 7.05. The van der Waals surface area contributed by atoms with E-state index in [0.29, 0.717) is 0 Å². The Kier molecular flexibility index (Phi) is 7.79. The van der Waals surface area contributed by atoms with Gasteiger partial charge in [-0.1, -0.05) is 67.6 Å². The van der Waals surface area contributed by atoms with E-state index < -0.39 is 5.60 Å². The van der Waals surface area contributed by atoms with E-state index in [1.807, 2.05) is 70.2 Å². The first-order chi connectivity index (χ1) is 15.3. The van der Waals surface area contributed by atoms with E-state index in [1.165, 1.54) is 6.26 Å². The summed E-state index contributed by atoms with van der Waals surface area (Å²) >= 11 is 0. The van der Waals surface area contributed by atoms with Gasteiger partial charge in [0.25, 0.3) is 0 Å². The minimum atomic E-state index is -0.542. The van der Waals surface area contributed by atoms with E-state index in [4.69, 9.17) is 9.47 Å². The molecule has 4 nitrogen and oxygen atoms in total. The van der Waals surface area contributed by atoms with Crippen LogP contribution in [0.15, 0.2) is 79.1 Å². The van der Waals surface area contributed by atoms with Crippen LogP contribution in [0, 0.1) is 5.92 Å². The van der Waals surface area contributed by atoms with Crippen molar-refractivity contribution in [2.45, 2.75) is 65.1 Å². The molecule has 3 rings (SSSR count). The van der Waals surface area contributed by atoms with E-state index in [0.717, 1.165) is 29.7 Å². The summed E-state index contributed by atoms with van der Waals surface area (Å²) in [6, 6.07) is 20.7. The Labute approximate surface area is 192 Å². The summed E-state index contributed by atoms with van der Waals surface area (Å²) in [6.45, 7) is 10.1.